The average Bonchev–Trinajstić information content (AvgIpc) is 3.28. The second-order valence-corrected chi connectivity index (χ2v) is 6.86. The number of aldehydes is 1. The zero-order chi connectivity index (χ0) is 22.4. The zero-order valence-corrected chi connectivity index (χ0v) is 18.0. The summed E-state index contributed by atoms with van der Waals surface area (Å²) in [5.41, 5.74) is 2.16. The van der Waals surface area contributed by atoms with Crippen molar-refractivity contribution < 1.29 is 18.7 Å². The topological polar surface area (TPSA) is 106 Å². The van der Waals surface area contributed by atoms with E-state index in [2.05, 4.69) is 20.8 Å². The maximum Gasteiger partial charge on any atom is 0.255 e. The maximum absolute atomic E-state index is 12.6. The lowest BCUT2D eigenvalue weighted by molar-refractivity contribution is -0.105. The van der Waals surface area contributed by atoms with E-state index in [0.717, 1.165) is 0 Å². The van der Waals surface area contributed by atoms with Crippen LogP contribution < -0.4 is 15.4 Å². The highest BCUT2D eigenvalue weighted by atomic mass is 35.5. The van der Waals surface area contributed by atoms with Gasteiger partial charge >= 0.3 is 0 Å². The average molecular weight is 441 g/mol. The molecule has 0 saturated heterocycles. The fourth-order valence-electron chi connectivity index (χ4n) is 2.73. The van der Waals surface area contributed by atoms with Gasteiger partial charge in [-0.25, -0.2) is 0 Å². The first-order valence-corrected chi connectivity index (χ1v) is 9.86. The molecule has 2 aromatic carbocycles. The molecule has 0 aliphatic carbocycles. The van der Waals surface area contributed by atoms with E-state index in [9.17, 15) is 9.59 Å². The minimum atomic E-state index is -0.438. The molecule has 0 atom stereocenters. The first-order valence-electron chi connectivity index (χ1n) is 9.48. The number of hydrogen-bond donors (Lipinski definition) is 2. The van der Waals surface area contributed by atoms with Crippen LogP contribution in [0.25, 0.3) is 22.9 Å². The summed E-state index contributed by atoms with van der Waals surface area (Å²) >= 11 is 6.11. The van der Waals surface area contributed by atoms with E-state index in [1.165, 1.54) is 0 Å². The fourth-order valence-corrected chi connectivity index (χ4v) is 2.91. The van der Waals surface area contributed by atoms with Gasteiger partial charge in [-0.3, -0.25) is 9.59 Å². The van der Waals surface area contributed by atoms with Gasteiger partial charge in [0.1, 0.15) is 11.4 Å². The van der Waals surface area contributed by atoms with E-state index in [-0.39, 0.29) is 17.5 Å². The molecule has 0 unspecified atom stereocenters. The number of carbonyl (C=O) groups excluding carboxylic acids is 2. The van der Waals surface area contributed by atoms with Gasteiger partial charge in [-0.15, -0.1) is 10.2 Å². The quantitative estimate of drug-likeness (QED) is 0.405. The van der Waals surface area contributed by atoms with Crippen molar-refractivity contribution in [3.8, 4) is 28.7 Å². The molecule has 2 N–H and O–H groups in total. The molecule has 160 valence electrons. The van der Waals surface area contributed by atoms with Gasteiger partial charge in [0.2, 0.25) is 5.89 Å². The molecule has 1 heterocycles. The van der Waals surface area contributed by atoms with Gasteiger partial charge in [0.15, 0.2) is 6.29 Å². The number of halogens is 1. The third-order valence-corrected chi connectivity index (χ3v) is 4.65. The number of amides is 1. The van der Waals surface area contributed by atoms with Crippen molar-refractivity contribution in [2.75, 3.05) is 13.7 Å². The molecule has 1 amide bonds. The summed E-state index contributed by atoms with van der Waals surface area (Å²) in [6.07, 6.45) is 0.582. The van der Waals surface area contributed by atoms with E-state index in [4.69, 9.17) is 20.8 Å². The van der Waals surface area contributed by atoms with Crippen LogP contribution in [-0.2, 0) is 4.79 Å². The van der Waals surface area contributed by atoms with Gasteiger partial charge in [0.05, 0.1) is 12.2 Å². The molecule has 0 saturated carbocycles. The smallest absolute Gasteiger partial charge is 0.255 e. The van der Waals surface area contributed by atoms with Crippen LogP contribution in [0.2, 0.25) is 5.02 Å². The molecule has 0 bridgehead atoms. The Morgan fingerprint density at radius 1 is 1.19 bits per heavy atom. The van der Waals surface area contributed by atoms with E-state index in [0.29, 0.717) is 46.1 Å². The number of ether oxygens (including phenoxy) is 1. The predicted molar refractivity (Wildman–Crippen MR) is 117 cm³/mol. The standard InChI is InChI=1S/C22H21ClN4O4/c1-4-30-19-9-8-16(23)11-17(19)22-27-26-21(31-22)15-7-5-6-14(10-15)20(29)25-18(12-28)13(2)24-3/h5-12,24H,4H2,1-3H3,(H,25,29)/b18-13+. The third kappa shape index (κ3) is 5.10. The number of carbonyl (C=O) groups is 2. The Morgan fingerprint density at radius 2 is 1.97 bits per heavy atom. The number of benzene rings is 2. The van der Waals surface area contributed by atoms with Gasteiger partial charge in [-0.2, -0.15) is 0 Å². The van der Waals surface area contributed by atoms with Crippen LogP contribution in [0, 0.1) is 0 Å². The van der Waals surface area contributed by atoms with Gasteiger partial charge < -0.3 is 19.8 Å². The highest BCUT2D eigenvalue weighted by Gasteiger charge is 2.17. The predicted octanol–water partition coefficient (Wildman–Crippen LogP) is 3.84. The number of nitrogens with one attached hydrogen (secondary N) is 2. The molecular weight excluding hydrogens is 420 g/mol. The van der Waals surface area contributed by atoms with Gasteiger partial charge in [-0.05, 0) is 50.2 Å². The summed E-state index contributed by atoms with van der Waals surface area (Å²) in [5.74, 6) is 0.603. The van der Waals surface area contributed by atoms with Gasteiger partial charge in [-0.1, -0.05) is 17.7 Å². The number of aromatic nitrogens is 2. The van der Waals surface area contributed by atoms with Gasteiger partial charge in [0, 0.05) is 28.9 Å². The molecule has 31 heavy (non-hydrogen) atoms. The van der Waals surface area contributed by atoms with Crippen molar-refractivity contribution in [2.24, 2.45) is 0 Å². The second kappa shape index (κ2) is 9.90. The number of allylic oxidation sites excluding steroid dienone is 2. The van der Waals surface area contributed by atoms with Crippen LogP contribution in [0.15, 0.2) is 58.3 Å². The van der Waals surface area contributed by atoms with E-state index < -0.39 is 5.91 Å². The van der Waals surface area contributed by atoms with Crippen molar-refractivity contribution in [3.05, 3.63) is 64.4 Å². The van der Waals surface area contributed by atoms with E-state index in [1.807, 2.05) is 6.92 Å². The molecule has 3 aromatic rings. The minimum Gasteiger partial charge on any atom is -0.493 e. The van der Waals surface area contributed by atoms with Crippen LogP contribution in [0.5, 0.6) is 5.75 Å². The molecule has 3 rings (SSSR count). The Morgan fingerprint density at radius 3 is 2.68 bits per heavy atom. The van der Waals surface area contributed by atoms with Crippen molar-refractivity contribution in [1.82, 2.24) is 20.8 Å². The first-order chi connectivity index (χ1) is 15.0. The number of hydrogen-bond acceptors (Lipinski definition) is 7. The lowest BCUT2D eigenvalue weighted by atomic mass is 10.1. The molecule has 0 fully saturated rings. The molecule has 1 aromatic heterocycles. The van der Waals surface area contributed by atoms with Crippen LogP contribution in [0.4, 0.5) is 0 Å². The lowest BCUT2D eigenvalue weighted by Gasteiger charge is -2.09. The molecule has 0 radical (unpaired) electrons. The number of nitrogens with zero attached hydrogens (tertiary/aromatic N) is 2. The summed E-state index contributed by atoms with van der Waals surface area (Å²) in [5, 5.41) is 14.1. The maximum atomic E-state index is 12.6. The third-order valence-electron chi connectivity index (χ3n) is 4.41. The monoisotopic (exact) mass is 440 g/mol. The zero-order valence-electron chi connectivity index (χ0n) is 17.2. The normalized spacial score (nSPS) is 11.5. The van der Waals surface area contributed by atoms with Crippen LogP contribution >= 0.6 is 11.6 Å². The van der Waals surface area contributed by atoms with Crippen molar-refractivity contribution in [2.45, 2.75) is 13.8 Å². The molecule has 0 aliphatic heterocycles. The number of rotatable bonds is 8. The summed E-state index contributed by atoms with van der Waals surface area (Å²) in [7, 11) is 1.66. The summed E-state index contributed by atoms with van der Waals surface area (Å²) in [4.78, 5) is 23.8. The van der Waals surface area contributed by atoms with Crippen LogP contribution in [-0.4, -0.2) is 36.0 Å². The minimum absolute atomic E-state index is 0.155. The molecule has 9 heteroatoms. The Kier molecular flexibility index (Phi) is 7.04. The van der Waals surface area contributed by atoms with Crippen LogP contribution in [0.3, 0.4) is 0 Å². The molecule has 0 spiro atoms. The highest BCUT2D eigenvalue weighted by molar-refractivity contribution is 6.30. The summed E-state index contributed by atoms with van der Waals surface area (Å²) < 4.78 is 11.4. The molecule has 8 nitrogen and oxygen atoms in total. The lowest BCUT2D eigenvalue weighted by Crippen LogP contribution is -2.26. The summed E-state index contributed by atoms with van der Waals surface area (Å²) in [6.45, 7) is 4.03. The van der Waals surface area contributed by atoms with E-state index >= 15 is 0 Å². The Hall–Kier alpha value is -3.65. The van der Waals surface area contributed by atoms with Gasteiger partial charge in [0.25, 0.3) is 11.8 Å². The van der Waals surface area contributed by atoms with Crippen LogP contribution in [0.1, 0.15) is 24.2 Å². The largest absolute Gasteiger partial charge is 0.493 e. The molecular formula is C22H21ClN4O4. The van der Waals surface area contributed by atoms with Crippen molar-refractivity contribution in [1.29, 1.82) is 0 Å². The highest BCUT2D eigenvalue weighted by Crippen LogP contribution is 2.33. The molecule has 0 aliphatic rings. The van der Waals surface area contributed by atoms with Crippen molar-refractivity contribution in [3.63, 3.8) is 0 Å². The second-order valence-electron chi connectivity index (χ2n) is 6.43. The fraction of sp³-hybridized carbons (Fsp3) is 0.182. The Bertz CT molecular complexity index is 1140. The van der Waals surface area contributed by atoms with E-state index in [1.54, 1.807) is 56.4 Å². The Balaban J connectivity index is 1.90. The first kappa shape index (κ1) is 22.0. The van der Waals surface area contributed by atoms with Crippen molar-refractivity contribution >= 4 is 23.8 Å². The SMILES string of the molecule is CCOc1ccc(Cl)cc1-c1nnc(-c2cccc(C(=O)N/C(C=O)=C(\C)NC)c2)o1. The summed E-state index contributed by atoms with van der Waals surface area (Å²) in [6, 6.07) is 11.8. The Labute approximate surface area is 184 Å².